The van der Waals surface area contributed by atoms with Crippen LogP contribution in [0.15, 0.2) is 187 Å². The highest BCUT2D eigenvalue weighted by Crippen LogP contribution is 2.45. The summed E-state index contributed by atoms with van der Waals surface area (Å²) in [6, 6.07) is 52.9. The molecule has 18 heteroatoms. The average Bonchev–Trinajstić information content (AvgIpc) is 1.19. The number of fused-ring (bicyclic) bond motifs is 3. The lowest BCUT2D eigenvalue weighted by Gasteiger charge is -2.39. The quantitative estimate of drug-likeness (QED) is 0.00642. The molecule has 494 valence electrons. The van der Waals surface area contributed by atoms with Crippen LogP contribution >= 0.6 is 0 Å². The van der Waals surface area contributed by atoms with E-state index < -0.39 is 88.3 Å². The third kappa shape index (κ3) is 18.5. The third-order valence-electron chi connectivity index (χ3n) is 17.4. The van der Waals surface area contributed by atoms with E-state index in [0.29, 0.717) is 31.5 Å². The van der Waals surface area contributed by atoms with Crippen molar-refractivity contribution in [3.8, 4) is 11.1 Å². The molecule has 7 aromatic rings. The zero-order valence-corrected chi connectivity index (χ0v) is 55.1. The number of ether oxygens (including phenoxy) is 3. The minimum Gasteiger partial charge on any atom is -0.469 e. The van der Waals surface area contributed by atoms with Gasteiger partial charge in [0.1, 0.15) is 17.7 Å². The van der Waals surface area contributed by atoms with Gasteiger partial charge in [-0.2, -0.15) is 0 Å². The molecule has 0 unspecified atom stereocenters. The van der Waals surface area contributed by atoms with Crippen LogP contribution in [0.25, 0.3) is 11.1 Å². The van der Waals surface area contributed by atoms with Crippen LogP contribution in [0.5, 0.6) is 0 Å². The van der Waals surface area contributed by atoms with Crippen molar-refractivity contribution >= 4 is 47.4 Å². The number of benzene rings is 6. The molecule has 0 spiro atoms. The molecule has 1 heterocycles. The van der Waals surface area contributed by atoms with Gasteiger partial charge in [-0.25, -0.2) is 9.78 Å². The predicted octanol–water partition coefficient (Wildman–Crippen LogP) is 10.8. The maximum Gasteiger partial charge on any atom is 0.407 e. The van der Waals surface area contributed by atoms with Gasteiger partial charge in [-0.15, -0.1) is 0 Å². The Morgan fingerprint density at radius 2 is 1.14 bits per heavy atom. The van der Waals surface area contributed by atoms with Gasteiger partial charge >= 0.3 is 18.0 Å². The normalized spacial score (nSPS) is 13.9. The van der Waals surface area contributed by atoms with Crippen LogP contribution in [-0.2, 0) is 61.4 Å². The molecule has 1 aliphatic carbocycles. The summed E-state index contributed by atoms with van der Waals surface area (Å²) in [7, 11) is 2.82. The molecule has 1 aliphatic rings. The molecule has 5 atom stereocenters. The Morgan fingerprint density at radius 1 is 0.606 bits per heavy atom. The van der Waals surface area contributed by atoms with E-state index in [1.807, 2.05) is 188 Å². The summed E-state index contributed by atoms with van der Waals surface area (Å²) in [6.45, 7) is 9.53. The van der Waals surface area contributed by atoms with E-state index in [1.54, 1.807) is 40.3 Å². The van der Waals surface area contributed by atoms with Crippen LogP contribution in [0.3, 0.4) is 0 Å². The zero-order valence-electron chi connectivity index (χ0n) is 55.1. The number of guanidine groups is 1. The van der Waals surface area contributed by atoms with Crippen LogP contribution in [0.4, 0.5) is 4.79 Å². The number of rotatable bonds is 33. The molecule has 0 saturated heterocycles. The first-order chi connectivity index (χ1) is 45.3. The van der Waals surface area contributed by atoms with Crippen molar-refractivity contribution in [2.24, 2.45) is 34.4 Å². The number of alkyl carbamates (subject to hydrolysis) is 1. The maximum absolute atomic E-state index is 15.4. The van der Waals surface area contributed by atoms with Crippen molar-refractivity contribution in [1.29, 1.82) is 0 Å². The van der Waals surface area contributed by atoms with E-state index >= 15 is 14.4 Å². The minimum absolute atomic E-state index is 0.0451. The number of aromatic nitrogens is 2. The standard InChI is InChI=1S/C76H90N8O10/c1-51(2)63(47-68(86)65(40-26-42-80-73(77)78-6)82-70(88)53(29-24-25-41-81-74(91)94-75(3,4)5)45-69(87)93-49-64-61-38-22-20-36-59(61)60-37-21-23-39-62(60)64)71(89)83-66(67(85)44-54(72(90)92-7)43-52-27-12-8-13-28-52)46-58-48-79-50-84(58)76(55-30-14-9-15-31-55,56-32-16-10-17-33-56)57-34-18-11-19-35-57/h8-23,27-28,30-39,48,50-51,53-54,63-66H,24-26,29,40-47,49H2,1-7H3,(H,81,91)(H,82,88)(H,83,89)(H3,77,78,80)/t53-,54-,63+,65+,66+/m1/s1. The van der Waals surface area contributed by atoms with Gasteiger partial charge in [-0.3, -0.25) is 33.8 Å². The Kier molecular flexibility index (Phi) is 25.2. The van der Waals surface area contributed by atoms with E-state index in [2.05, 4.69) is 26.3 Å². The molecule has 0 saturated carbocycles. The average molecular weight is 1280 g/mol. The molecule has 1 aromatic heterocycles. The molecular formula is C76H90N8O10. The van der Waals surface area contributed by atoms with Crippen molar-refractivity contribution in [1.82, 2.24) is 30.8 Å². The zero-order chi connectivity index (χ0) is 67.2. The summed E-state index contributed by atoms with van der Waals surface area (Å²) >= 11 is 0. The Bertz CT molecular complexity index is 3540. The van der Waals surface area contributed by atoms with Crippen molar-refractivity contribution in [2.45, 2.75) is 128 Å². The number of Topliss-reactive ketones (excluding diaryl/α,β-unsaturated/α-hetero) is 2. The molecule has 6 N–H and O–H groups in total. The molecule has 3 amide bonds. The van der Waals surface area contributed by atoms with Gasteiger partial charge in [-0.05, 0) is 103 Å². The van der Waals surface area contributed by atoms with Gasteiger partial charge in [0.05, 0.1) is 37.9 Å². The fraction of sp³-hybridized carbons (Fsp3) is 0.382. The number of nitrogens with two attached hydrogens (primary N) is 1. The molecule has 8 rings (SSSR count). The number of aliphatic imine (C=N–C) groups is 1. The lowest BCUT2D eigenvalue weighted by atomic mass is 9.76. The highest BCUT2D eigenvalue weighted by atomic mass is 16.6. The maximum atomic E-state index is 15.4. The number of carbonyl (C=O) groups is 7. The number of esters is 2. The van der Waals surface area contributed by atoms with Gasteiger partial charge in [0.25, 0.3) is 0 Å². The highest BCUT2D eigenvalue weighted by molar-refractivity contribution is 5.96. The van der Waals surface area contributed by atoms with Crippen LogP contribution < -0.4 is 27.0 Å². The summed E-state index contributed by atoms with van der Waals surface area (Å²) in [6.07, 6.45) is 3.54. The number of amides is 3. The summed E-state index contributed by atoms with van der Waals surface area (Å²) in [4.78, 5) is 110. The lowest BCUT2D eigenvalue weighted by molar-refractivity contribution is -0.148. The van der Waals surface area contributed by atoms with Crippen LogP contribution in [0, 0.1) is 23.7 Å². The van der Waals surface area contributed by atoms with E-state index in [0.717, 1.165) is 44.5 Å². The van der Waals surface area contributed by atoms with E-state index in [4.69, 9.17) is 24.9 Å². The molecule has 0 fully saturated rings. The molecule has 6 aromatic carbocycles. The SMILES string of the molecule is CN=C(N)NCCC[C@H](NC(=O)[C@H](CCCCNC(=O)OC(C)(C)C)CC(=O)OCC1c2ccccc2-c2ccccc21)C(=O)C[C@H](C(=O)N[C@@H](Cc1cncn1C(c1ccccc1)(c1ccccc1)c1ccccc1)C(=O)C[C@@H](Cc1ccccc1)C(=O)OC)C(C)C. The topological polar surface area (TPSA) is 251 Å². The van der Waals surface area contributed by atoms with Gasteiger partial charge < -0.3 is 45.8 Å². The number of nitrogens with one attached hydrogen (secondary N) is 4. The summed E-state index contributed by atoms with van der Waals surface area (Å²) in [5.74, 6) is -6.63. The number of unbranched alkanes of at least 4 members (excludes halogenated alkanes) is 1. The Hall–Kier alpha value is -9.71. The lowest BCUT2D eigenvalue weighted by Crippen LogP contribution is -2.49. The van der Waals surface area contributed by atoms with Crippen molar-refractivity contribution in [2.75, 3.05) is 33.9 Å². The second-order valence-electron chi connectivity index (χ2n) is 25.4. The monoisotopic (exact) mass is 1270 g/mol. The number of carbonyl (C=O) groups excluding carboxylic acids is 7. The number of hydrogen-bond donors (Lipinski definition) is 5. The smallest absolute Gasteiger partial charge is 0.407 e. The Balaban J connectivity index is 1.08. The van der Waals surface area contributed by atoms with Crippen molar-refractivity contribution in [3.63, 3.8) is 0 Å². The Morgan fingerprint density at radius 3 is 1.69 bits per heavy atom. The van der Waals surface area contributed by atoms with Crippen LogP contribution in [-0.4, -0.2) is 108 Å². The van der Waals surface area contributed by atoms with Crippen molar-refractivity contribution < 1.29 is 47.8 Å². The van der Waals surface area contributed by atoms with Gasteiger partial charge in [-0.1, -0.05) is 190 Å². The number of nitrogens with zero attached hydrogens (tertiary/aromatic N) is 3. The van der Waals surface area contributed by atoms with Gasteiger partial charge in [0, 0.05) is 69.0 Å². The van der Waals surface area contributed by atoms with Crippen molar-refractivity contribution in [3.05, 3.63) is 221 Å². The molecule has 0 radical (unpaired) electrons. The number of imidazole rings is 1. The summed E-state index contributed by atoms with van der Waals surface area (Å²) in [5, 5.41) is 11.9. The Labute approximate surface area is 552 Å². The van der Waals surface area contributed by atoms with Crippen LogP contribution in [0.1, 0.15) is 131 Å². The molecule has 0 aliphatic heterocycles. The number of ketones is 2. The first kappa shape index (κ1) is 70.2. The van der Waals surface area contributed by atoms with E-state index in [9.17, 15) is 19.2 Å². The molecule has 94 heavy (non-hydrogen) atoms. The van der Waals surface area contributed by atoms with Gasteiger partial charge in [0.2, 0.25) is 11.8 Å². The van der Waals surface area contributed by atoms with E-state index in [1.165, 1.54) is 7.11 Å². The highest BCUT2D eigenvalue weighted by Gasteiger charge is 2.42. The first-order valence-corrected chi connectivity index (χ1v) is 32.5. The fourth-order valence-electron chi connectivity index (χ4n) is 12.6. The number of hydrogen-bond acceptors (Lipinski definition) is 12. The second kappa shape index (κ2) is 33.7. The van der Waals surface area contributed by atoms with Crippen LogP contribution in [0.2, 0.25) is 0 Å². The summed E-state index contributed by atoms with van der Waals surface area (Å²) < 4.78 is 18.8. The molecule has 18 nitrogen and oxygen atoms in total. The third-order valence-corrected chi connectivity index (χ3v) is 17.4. The molecule has 0 bridgehead atoms. The second-order valence-corrected chi connectivity index (χ2v) is 25.4. The van der Waals surface area contributed by atoms with E-state index in [-0.39, 0.29) is 70.0 Å². The largest absolute Gasteiger partial charge is 0.469 e. The predicted molar refractivity (Wildman–Crippen MR) is 363 cm³/mol. The fourth-order valence-corrected chi connectivity index (χ4v) is 12.6. The first-order valence-electron chi connectivity index (χ1n) is 32.5. The van der Waals surface area contributed by atoms with Gasteiger partial charge in [0.15, 0.2) is 17.5 Å². The molecular weight excluding hydrogens is 1180 g/mol. The minimum atomic E-state index is -1.26. The number of methoxy groups -OCH3 is 1. The summed E-state index contributed by atoms with van der Waals surface area (Å²) in [5.41, 5.74) is 12.6.